The Morgan fingerprint density at radius 2 is 1.94 bits per heavy atom. The van der Waals surface area contributed by atoms with Crippen LogP contribution in [0.4, 0.5) is 5.69 Å². The molecule has 0 unspecified atom stereocenters. The molecule has 2 aromatic rings. The largest absolute Gasteiger partial charge is 0.487 e. The van der Waals surface area contributed by atoms with Crippen LogP contribution in [0.3, 0.4) is 0 Å². The zero-order valence-corrected chi connectivity index (χ0v) is 18.2. The molecule has 8 nitrogen and oxygen atoms in total. The summed E-state index contributed by atoms with van der Waals surface area (Å²) in [5.74, 6) is 2.24. The summed E-state index contributed by atoms with van der Waals surface area (Å²) < 4.78 is 22.9. The summed E-state index contributed by atoms with van der Waals surface area (Å²) in [4.78, 5) is 14.7. The third-order valence-electron chi connectivity index (χ3n) is 6.34. The zero-order valence-electron chi connectivity index (χ0n) is 18.2. The summed E-state index contributed by atoms with van der Waals surface area (Å²) >= 11 is 0. The standard InChI is InChI=1S/C24H28N2O6/c1-26(2)15-4-6-19-17(8-15)18-9-16(31-22(12-27)24(18)32-19)10-23(28)25-11-14-3-5-20-21(7-14)30-13-29-20/h3-8,16,18,22,24,27H,9-13H2,1-2H3,(H,25,28)/t16-,18-,22+,24+/m0/s1. The van der Waals surface area contributed by atoms with E-state index in [1.54, 1.807) is 0 Å². The van der Waals surface area contributed by atoms with E-state index in [9.17, 15) is 9.90 Å². The van der Waals surface area contributed by atoms with Gasteiger partial charge in [-0.2, -0.15) is 0 Å². The second-order valence-electron chi connectivity index (χ2n) is 8.69. The average Bonchev–Trinajstić information content (AvgIpc) is 3.40. The summed E-state index contributed by atoms with van der Waals surface area (Å²) in [5, 5.41) is 12.9. The van der Waals surface area contributed by atoms with Crippen LogP contribution in [-0.4, -0.2) is 56.8 Å². The summed E-state index contributed by atoms with van der Waals surface area (Å²) in [7, 11) is 4.01. The van der Waals surface area contributed by atoms with E-state index in [0.717, 1.165) is 28.3 Å². The molecule has 0 spiro atoms. The smallest absolute Gasteiger partial charge is 0.231 e. The van der Waals surface area contributed by atoms with Crippen LogP contribution in [0.1, 0.15) is 29.9 Å². The highest BCUT2D eigenvalue weighted by Gasteiger charge is 2.46. The van der Waals surface area contributed by atoms with Crippen molar-refractivity contribution < 1.29 is 28.8 Å². The first-order valence-electron chi connectivity index (χ1n) is 10.9. The SMILES string of the molecule is CN(C)c1ccc2c(c1)[C@@H]1C[C@@H](CC(=O)NCc3ccc4c(c3)OCO4)O[C@H](CO)[C@@H]1O2. The fourth-order valence-electron chi connectivity index (χ4n) is 4.69. The van der Waals surface area contributed by atoms with E-state index in [4.69, 9.17) is 18.9 Å². The molecule has 32 heavy (non-hydrogen) atoms. The molecule has 3 aliphatic heterocycles. The summed E-state index contributed by atoms with van der Waals surface area (Å²) in [6.07, 6.45) is -0.0890. The number of hydrogen-bond acceptors (Lipinski definition) is 7. The molecule has 2 aromatic carbocycles. The van der Waals surface area contributed by atoms with Gasteiger partial charge in [-0.15, -0.1) is 0 Å². The second-order valence-corrected chi connectivity index (χ2v) is 8.69. The monoisotopic (exact) mass is 440 g/mol. The number of benzene rings is 2. The van der Waals surface area contributed by atoms with Crippen molar-refractivity contribution in [3.8, 4) is 17.2 Å². The predicted molar refractivity (Wildman–Crippen MR) is 117 cm³/mol. The lowest BCUT2D eigenvalue weighted by Crippen LogP contribution is -2.47. The molecule has 0 bridgehead atoms. The van der Waals surface area contributed by atoms with Crippen LogP contribution in [0.5, 0.6) is 17.2 Å². The van der Waals surface area contributed by atoms with Crippen molar-refractivity contribution in [3.05, 3.63) is 47.5 Å². The number of aliphatic hydroxyl groups is 1. The number of amides is 1. The quantitative estimate of drug-likeness (QED) is 0.712. The Bertz CT molecular complexity index is 1010. The van der Waals surface area contributed by atoms with Crippen LogP contribution in [0.15, 0.2) is 36.4 Å². The molecule has 0 aliphatic carbocycles. The van der Waals surface area contributed by atoms with Gasteiger partial charge in [-0.3, -0.25) is 4.79 Å². The Kier molecular flexibility index (Phi) is 5.57. The Morgan fingerprint density at radius 1 is 1.12 bits per heavy atom. The molecule has 4 atom stereocenters. The minimum atomic E-state index is -0.462. The molecule has 5 rings (SSSR count). The van der Waals surface area contributed by atoms with Crippen LogP contribution >= 0.6 is 0 Å². The molecule has 1 fully saturated rings. The van der Waals surface area contributed by atoms with Gasteiger partial charge in [-0.25, -0.2) is 0 Å². The fraction of sp³-hybridized carbons (Fsp3) is 0.458. The van der Waals surface area contributed by atoms with Gasteiger partial charge < -0.3 is 34.3 Å². The first-order valence-corrected chi connectivity index (χ1v) is 10.9. The molecule has 0 aromatic heterocycles. The fourth-order valence-corrected chi connectivity index (χ4v) is 4.69. The van der Waals surface area contributed by atoms with Crippen LogP contribution < -0.4 is 24.4 Å². The number of rotatable bonds is 6. The van der Waals surface area contributed by atoms with E-state index in [2.05, 4.69) is 16.3 Å². The van der Waals surface area contributed by atoms with Gasteiger partial charge in [0.15, 0.2) is 11.5 Å². The van der Waals surface area contributed by atoms with Crippen LogP contribution in [0.2, 0.25) is 0 Å². The average molecular weight is 440 g/mol. The normalized spacial score (nSPS) is 25.0. The zero-order chi connectivity index (χ0) is 22.2. The molecular weight excluding hydrogens is 412 g/mol. The Morgan fingerprint density at radius 3 is 2.75 bits per heavy atom. The van der Waals surface area contributed by atoms with Crippen LogP contribution in [0.25, 0.3) is 0 Å². The lowest BCUT2D eigenvalue weighted by molar-refractivity contribution is -0.142. The summed E-state index contributed by atoms with van der Waals surface area (Å²) in [5.41, 5.74) is 3.15. The number of fused-ring (bicyclic) bond motifs is 4. The molecule has 8 heteroatoms. The first kappa shape index (κ1) is 20.9. The number of nitrogens with zero attached hydrogens (tertiary/aromatic N) is 1. The van der Waals surface area contributed by atoms with Gasteiger partial charge >= 0.3 is 0 Å². The first-order chi connectivity index (χ1) is 15.5. The molecule has 1 amide bonds. The van der Waals surface area contributed by atoms with Gasteiger partial charge in [0, 0.05) is 37.8 Å². The number of ether oxygens (including phenoxy) is 4. The van der Waals surface area contributed by atoms with E-state index in [1.165, 1.54) is 0 Å². The predicted octanol–water partition coefficient (Wildman–Crippen LogP) is 2.18. The van der Waals surface area contributed by atoms with Gasteiger partial charge in [0.25, 0.3) is 0 Å². The molecule has 170 valence electrons. The topological polar surface area (TPSA) is 89.5 Å². The van der Waals surface area contributed by atoms with Crippen molar-refractivity contribution in [1.82, 2.24) is 5.32 Å². The van der Waals surface area contributed by atoms with Crippen molar-refractivity contribution in [2.24, 2.45) is 0 Å². The number of carbonyl (C=O) groups is 1. The highest BCUT2D eigenvalue weighted by Crippen LogP contribution is 2.47. The summed E-state index contributed by atoms with van der Waals surface area (Å²) in [6.45, 7) is 0.474. The Labute approximate surface area is 187 Å². The number of carbonyl (C=O) groups excluding carboxylic acids is 1. The van der Waals surface area contributed by atoms with Crippen molar-refractivity contribution in [1.29, 1.82) is 0 Å². The second kappa shape index (κ2) is 8.52. The third-order valence-corrected chi connectivity index (χ3v) is 6.34. The van der Waals surface area contributed by atoms with E-state index in [0.29, 0.717) is 18.7 Å². The Balaban J connectivity index is 1.23. The van der Waals surface area contributed by atoms with E-state index in [-0.39, 0.29) is 43.9 Å². The van der Waals surface area contributed by atoms with Crippen molar-refractivity contribution >= 4 is 11.6 Å². The minimum Gasteiger partial charge on any atom is -0.487 e. The maximum Gasteiger partial charge on any atom is 0.231 e. The van der Waals surface area contributed by atoms with Crippen LogP contribution in [0, 0.1) is 0 Å². The lowest BCUT2D eigenvalue weighted by Gasteiger charge is -2.37. The van der Waals surface area contributed by atoms with Gasteiger partial charge in [0.05, 0.1) is 19.1 Å². The molecule has 0 radical (unpaired) electrons. The van der Waals surface area contributed by atoms with Crippen molar-refractivity contribution in [2.75, 3.05) is 32.4 Å². The van der Waals surface area contributed by atoms with Crippen LogP contribution in [-0.2, 0) is 16.1 Å². The van der Waals surface area contributed by atoms with Gasteiger partial charge in [0.2, 0.25) is 12.7 Å². The lowest BCUT2D eigenvalue weighted by atomic mass is 9.84. The minimum absolute atomic E-state index is 0.0856. The van der Waals surface area contributed by atoms with Gasteiger partial charge in [-0.1, -0.05) is 6.07 Å². The Hall–Kier alpha value is -2.97. The maximum atomic E-state index is 12.6. The number of anilines is 1. The van der Waals surface area contributed by atoms with Crippen molar-refractivity contribution in [3.63, 3.8) is 0 Å². The number of nitrogens with one attached hydrogen (secondary N) is 1. The third kappa shape index (κ3) is 3.96. The van der Waals surface area contributed by atoms with E-state index >= 15 is 0 Å². The molecule has 3 aliphatic rings. The number of aliphatic hydroxyl groups excluding tert-OH is 1. The molecule has 3 heterocycles. The van der Waals surface area contributed by atoms with Gasteiger partial charge in [0.1, 0.15) is 18.0 Å². The highest BCUT2D eigenvalue weighted by molar-refractivity contribution is 5.76. The molecular formula is C24H28N2O6. The molecule has 0 saturated carbocycles. The molecule has 1 saturated heterocycles. The van der Waals surface area contributed by atoms with E-state index in [1.807, 2.05) is 44.4 Å². The summed E-state index contributed by atoms with van der Waals surface area (Å²) in [6, 6.07) is 11.8. The number of hydrogen-bond donors (Lipinski definition) is 2. The maximum absolute atomic E-state index is 12.6. The molecule has 2 N–H and O–H groups in total. The van der Waals surface area contributed by atoms with Gasteiger partial charge in [-0.05, 0) is 42.3 Å². The van der Waals surface area contributed by atoms with E-state index < -0.39 is 6.10 Å². The highest BCUT2D eigenvalue weighted by atomic mass is 16.7. The van der Waals surface area contributed by atoms with Crippen molar-refractivity contribution in [2.45, 2.75) is 43.6 Å².